The number of amides is 2. The molecule has 2 heterocycles. The molecule has 2 N–H and O–H groups in total. The molecule has 21 heavy (non-hydrogen) atoms. The molecule has 5 nitrogen and oxygen atoms in total. The Morgan fingerprint density at radius 1 is 1.29 bits per heavy atom. The fraction of sp³-hybridized carbons (Fsp3) is 0.312. The van der Waals surface area contributed by atoms with Crippen LogP contribution in [0.5, 0.6) is 0 Å². The highest BCUT2D eigenvalue weighted by Gasteiger charge is 2.38. The highest BCUT2D eigenvalue weighted by Crippen LogP contribution is 2.35. The molecule has 0 saturated heterocycles. The van der Waals surface area contributed by atoms with Crippen LogP contribution in [0.3, 0.4) is 0 Å². The van der Waals surface area contributed by atoms with Gasteiger partial charge in [-0.25, -0.2) is 4.79 Å². The number of pyridine rings is 1. The van der Waals surface area contributed by atoms with Crippen LogP contribution >= 0.6 is 0 Å². The second-order valence-electron chi connectivity index (χ2n) is 5.77. The molecule has 0 bridgehead atoms. The number of aromatic nitrogens is 1. The fourth-order valence-corrected chi connectivity index (χ4v) is 2.88. The number of carbonyl (C=O) groups excluding carboxylic acids is 1. The van der Waals surface area contributed by atoms with E-state index in [1.54, 1.807) is 11.1 Å². The van der Waals surface area contributed by atoms with E-state index in [9.17, 15) is 4.79 Å². The molecule has 106 valence electrons. The third kappa shape index (κ3) is 2.14. The predicted molar refractivity (Wildman–Crippen MR) is 80.9 cm³/mol. The van der Waals surface area contributed by atoms with Gasteiger partial charge in [0.1, 0.15) is 11.9 Å². The Morgan fingerprint density at radius 3 is 2.95 bits per heavy atom. The van der Waals surface area contributed by atoms with Crippen molar-refractivity contribution in [2.45, 2.75) is 18.9 Å². The van der Waals surface area contributed by atoms with E-state index in [1.165, 1.54) is 12.8 Å². The number of carbonyl (C=O) groups is 1. The maximum absolute atomic E-state index is 12.0. The van der Waals surface area contributed by atoms with Crippen LogP contribution in [0.4, 0.5) is 4.79 Å². The molecule has 5 heteroatoms. The zero-order chi connectivity index (χ0) is 14.4. The van der Waals surface area contributed by atoms with Crippen LogP contribution < -0.4 is 5.73 Å². The van der Waals surface area contributed by atoms with Crippen LogP contribution in [0.1, 0.15) is 24.4 Å². The van der Waals surface area contributed by atoms with Crippen LogP contribution in [0, 0.1) is 5.92 Å². The van der Waals surface area contributed by atoms with Crippen molar-refractivity contribution in [3.8, 4) is 0 Å². The van der Waals surface area contributed by atoms with E-state index in [-0.39, 0.29) is 12.1 Å². The maximum Gasteiger partial charge on any atom is 0.346 e. The van der Waals surface area contributed by atoms with Crippen LogP contribution in [0.25, 0.3) is 10.9 Å². The second kappa shape index (κ2) is 4.55. The minimum Gasteiger partial charge on any atom is -0.385 e. The second-order valence-corrected chi connectivity index (χ2v) is 5.77. The molecule has 0 spiro atoms. The highest BCUT2D eigenvalue weighted by atomic mass is 16.2. The number of hydrogen-bond donors (Lipinski definition) is 1. The molecular formula is C16H16N4O. The van der Waals surface area contributed by atoms with Crippen molar-refractivity contribution in [2.24, 2.45) is 16.6 Å². The van der Waals surface area contributed by atoms with Crippen molar-refractivity contribution in [3.63, 3.8) is 0 Å². The molecule has 1 aromatic carbocycles. The Bertz CT molecular complexity index is 751. The largest absolute Gasteiger partial charge is 0.385 e. The summed E-state index contributed by atoms with van der Waals surface area (Å²) in [5, 5.41) is 1.05. The van der Waals surface area contributed by atoms with Crippen LogP contribution in [-0.2, 0) is 0 Å². The fourth-order valence-electron chi connectivity index (χ4n) is 2.88. The lowest BCUT2D eigenvalue weighted by atomic mass is 10.0. The molecule has 4 rings (SSSR count). The molecule has 1 aliphatic carbocycles. The highest BCUT2D eigenvalue weighted by molar-refractivity contribution is 6.03. The number of nitrogens with zero attached hydrogens (tertiary/aromatic N) is 3. The van der Waals surface area contributed by atoms with E-state index in [0.29, 0.717) is 11.8 Å². The van der Waals surface area contributed by atoms with Gasteiger partial charge in [0.25, 0.3) is 0 Å². The quantitative estimate of drug-likeness (QED) is 0.938. The molecule has 1 aromatic heterocycles. The van der Waals surface area contributed by atoms with Gasteiger partial charge in [-0.15, -0.1) is 0 Å². The number of benzene rings is 1. The maximum atomic E-state index is 12.0. The number of hydrogen-bond acceptors (Lipinski definition) is 3. The molecule has 1 unspecified atom stereocenters. The first-order valence-corrected chi connectivity index (χ1v) is 7.22. The van der Waals surface area contributed by atoms with Crippen molar-refractivity contribution >= 4 is 22.8 Å². The van der Waals surface area contributed by atoms with E-state index in [1.807, 2.05) is 30.3 Å². The molecular weight excluding hydrogens is 264 g/mol. The molecule has 1 fully saturated rings. The Labute approximate surface area is 122 Å². The zero-order valence-corrected chi connectivity index (χ0v) is 11.6. The van der Waals surface area contributed by atoms with Crippen molar-refractivity contribution in [3.05, 3.63) is 42.1 Å². The predicted octanol–water partition coefficient (Wildman–Crippen LogP) is 2.48. The first-order valence-electron chi connectivity index (χ1n) is 7.22. The standard InChI is InChI=1S/C16H16N4O/c17-15-14(20(16(21)19-15)9-10-3-4-10)12-5-6-13-11(8-12)2-1-7-18-13/h1-2,5-8,10,14H,3-4,9H2,(H2,17,19,21). The molecule has 0 radical (unpaired) electrons. The monoisotopic (exact) mass is 280 g/mol. The van der Waals surface area contributed by atoms with E-state index < -0.39 is 0 Å². The first kappa shape index (κ1) is 12.3. The van der Waals surface area contributed by atoms with Crippen LogP contribution in [0.15, 0.2) is 41.5 Å². The average molecular weight is 280 g/mol. The lowest BCUT2D eigenvalue weighted by Crippen LogP contribution is -2.34. The van der Waals surface area contributed by atoms with Crippen molar-refractivity contribution in [1.29, 1.82) is 0 Å². The van der Waals surface area contributed by atoms with Crippen LogP contribution in [-0.4, -0.2) is 28.3 Å². The summed E-state index contributed by atoms with van der Waals surface area (Å²) in [6.45, 7) is 0.749. The summed E-state index contributed by atoms with van der Waals surface area (Å²) in [6.07, 6.45) is 4.16. The van der Waals surface area contributed by atoms with E-state index in [0.717, 1.165) is 23.0 Å². The van der Waals surface area contributed by atoms with Gasteiger partial charge in [-0.3, -0.25) is 4.98 Å². The Hall–Kier alpha value is -2.43. The Morgan fingerprint density at radius 2 is 2.14 bits per heavy atom. The van der Waals surface area contributed by atoms with Gasteiger partial charge in [-0.05, 0) is 42.5 Å². The smallest absolute Gasteiger partial charge is 0.346 e. The zero-order valence-electron chi connectivity index (χ0n) is 11.6. The lowest BCUT2D eigenvalue weighted by molar-refractivity contribution is 0.204. The minimum atomic E-state index is -0.234. The molecule has 1 atom stereocenters. The van der Waals surface area contributed by atoms with Gasteiger partial charge in [0.15, 0.2) is 0 Å². The molecule has 2 aliphatic rings. The molecule has 1 aliphatic heterocycles. The van der Waals surface area contributed by atoms with Crippen LogP contribution in [0.2, 0.25) is 0 Å². The number of fused-ring (bicyclic) bond motifs is 1. The number of nitrogens with two attached hydrogens (primary N) is 1. The summed E-state index contributed by atoms with van der Waals surface area (Å²) < 4.78 is 0. The van der Waals surface area contributed by atoms with Gasteiger partial charge < -0.3 is 10.6 Å². The van der Waals surface area contributed by atoms with E-state index in [2.05, 4.69) is 9.98 Å². The summed E-state index contributed by atoms with van der Waals surface area (Å²) in [7, 11) is 0. The summed E-state index contributed by atoms with van der Waals surface area (Å²) >= 11 is 0. The third-order valence-electron chi connectivity index (χ3n) is 4.16. The molecule has 2 amide bonds. The Kier molecular flexibility index (Phi) is 2.67. The normalized spacial score (nSPS) is 21.9. The summed E-state index contributed by atoms with van der Waals surface area (Å²) in [5.74, 6) is 1.00. The van der Waals surface area contributed by atoms with Gasteiger partial charge in [0.2, 0.25) is 0 Å². The minimum absolute atomic E-state index is 0.212. The molecule has 1 saturated carbocycles. The number of aliphatic imine (C=N–C) groups is 1. The van der Waals surface area contributed by atoms with E-state index >= 15 is 0 Å². The summed E-state index contributed by atoms with van der Waals surface area (Å²) in [5.41, 5.74) is 7.95. The van der Waals surface area contributed by atoms with Crippen molar-refractivity contribution in [2.75, 3.05) is 6.54 Å². The van der Waals surface area contributed by atoms with Crippen molar-refractivity contribution in [1.82, 2.24) is 9.88 Å². The van der Waals surface area contributed by atoms with Gasteiger partial charge in [-0.1, -0.05) is 12.1 Å². The van der Waals surface area contributed by atoms with Crippen molar-refractivity contribution < 1.29 is 4.79 Å². The third-order valence-corrected chi connectivity index (χ3v) is 4.16. The number of amidine groups is 1. The van der Waals surface area contributed by atoms with Gasteiger partial charge in [-0.2, -0.15) is 4.99 Å². The summed E-state index contributed by atoms with van der Waals surface area (Å²) in [6, 6.07) is 9.48. The van der Waals surface area contributed by atoms with Gasteiger partial charge in [0.05, 0.1) is 5.52 Å². The SMILES string of the molecule is NC1=NC(=O)N(CC2CC2)C1c1ccc2ncccc2c1. The summed E-state index contributed by atoms with van der Waals surface area (Å²) in [4.78, 5) is 22.1. The first-order chi connectivity index (χ1) is 10.2. The molecule has 2 aromatic rings. The van der Waals surface area contributed by atoms with E-state index in [4.69, 9.17) is 5.73 Å². The lowest BCUT2D eigenvalue weighted by Gasteiger charge is -2.24. The van der Waals surface area contributed by atoms with Gasteiger partial charge >= 0.3 is 6.03 Å². The number of rotatable bonds is 3. The number of urea groups is 1. The Balaban J connectivity index is 1.73. The average Bonchev–Trinajstić information content (AvgIpc) is 3.25. The van der Waals surface area contributed by atoms with Gasteiger partial charge in [0, 0.05) is 18.1 Å². The topological polar surface area (TPSA) is 71.6 Å².